The fourth-order valence-corrected chi connectivity index (χ4v) is 4.31. The first-order valence-corrected chi connectivity index (χ1v) is 16.7. The van der Waals surface area contributed by atoms with E-state index in [1.165, 1.54) is 38.5 Å². The maximum Gasteiger partial charge on any atom is 1.00 e. The largest absolute Gasteiger partial charge is 1.00 e. The van der Waals surface area contributed by atoms with Gasteiger partial charge in [-0.1, -0.05) is 78.1 Å². The predicted molar refractivity (Wildman–Crippen MR) is 144 cm³/mol. The third-order valence-electron chi connectivity index (χ3n) is 5.83. The van der Waals surface area contributed by atoms with Crippen LogP contribution in [0.25, 0.3) is 0 Å². The van der Waals surface area contributed by atoms with E-state index in [1.54, 1.807) is 0 Å². The summed E-state index contributed by atoms with van der Waals surface area (Å²) in [6.07, 6.45) is 13.3. The quantitative estimate of drug-likeness (QED) is 0.0353. The summed E-state index contributed by atoms with van der Waals surface area (Å²) >= 11 is 0. The fourth-order valence-electron chi connectivity index (χ4n) is 3.76. The van der Waals surface area contributed by atoms with E-state index in [9.17, 15) is 25.9 Å². The van der Waals surface area contributed by atoms with Gasteiger partial charge >= 0.3 is 59.1 Å². The minimum atomic E-state index is -4.82. The van der Waals surface area contributed by atoms with Crippen molar-refractivity contribution in [3.05, 3.63) is 0 Å². The van der Waals surface area contributed by atoms with Gasteiger partial charge in [0.25, 0.3) is 0 Å². The third kappa shape index (κ3) is 34.3. The molecule has 0 aromatic rings. The summed E-state index contributed by atoms with van der Waals surface area (Å²) in [5.74, 6) is 0. The van der Waals surface area contributed by atoms with Crippen molar-refractivity contribution in [3.63, 3.8) is 0 Å². The van der Waals surface area contributed by atoms with Gasteiger partial charge in [-0.2, -0.15) is 0 Å². The molecule has 0 amide bonds. The van der Waals surface area contributed by atoms with Crippen molar-refractivity contribution in [3.8, 4) is 0 Å². The Bertz CT molecular complexity index is 707. The summed E-state index contributed by atoms with van der Waals surface area (Å²) in [5, 5.41) is 0. The van der Waals surface area contributed by atoms with E-state index in [2.05, 4.69) is 22.2 Å². The van der Waals surface area contributed by atoms with Crippen molar-refractivity contribution in [1.82, 2.24) is 0 Å². The number of ether oxygens (including phenoxy) is 4. The summed E-state index contributed by atoms with van der Waals surface area (Å²) in [6.45, 7) is 4.71. The van der Waals surface area contributed by atoms with Gasteiger partial charge in [-0.05, 0) is 12.8 Å². The Morgan fingerprint density at radius 3 is 1.07 bits per heavy atom. The van der Waals surface area contributed by atoms with Gasteiger partial charge in [-0.25, -0.2) is 16.8 Å². The van der Waals surface area contributed by atoms with E-state index in [0.717, 1.165) is 38.5 Å². The molecule has 0 radical (unpaired) electrons. The van der Waals surface area contributed by atoms with Crippen molar-refractivity contribution < 1.29 is 112 Å². The second-order valence-corrected chi connectivity index (χ2v) is 11.8. The van der Waals surface area contributed by atoms with E-state index in [4.69, 9.17) is 18.9 Å². The molecule has 0 aromatic heterocycles. The maximum atomic E-state index is 10.7. The van der Waals surface area contributed by atoms with Gasteiger partial charge in [0.05, 0.1) is 58.3 Å². The molecule has 0 saturated carbocycles. The van der Waals surface area contributed by atoms with Crippen LogP contribution >= 0.6 is 0 Å². The second-order valence-electron chi connectivity index (χ2n) is 9.71. The van der Waals surface area contributed by atoms with Gasteiger partial charge in [-0.3, -0.25) is 8.37 Å². The van der Waals surface area contributed by atoms with Crippen LogP contribution in [0.4, 0.5) is 0 Å². The molecule has 0 rings (SSSR count). The normalized spacial score (nSPS) is 12.2. The van der Waals surface area contributed by atoms with Crippen LogP contribution in [0, 0.1) is 5.41 Å². The molecule has 236 valence electrons. The van der Waals surface area contributed by atoms with Crippen LogP contribution in [-0.4, -0.2) is 92.0 Å². The molecule has 0 spiro atoms. The molecule has 0 aliphatic rings. The summed E-state index contributed by atoms with van der Waals surface area (Å²) in [7, 11) is -9.65. The minimum absolute atomic E-state index is 0. The number of rotatable bonds is 30. The molecule has 16 heteroatoms. The van der Waals surface area contributed by atoms with Gasteiger partial charge in [0.15, 0.2) is 0 Å². The van der Waals surface area contributed by atoms with Gasteiger partial charge in [0.1, 0.15) is 0 Å². The van der Waals surface area contributed by atoms with E-state index in [1.807, 2.05) is 0 Å². The molecule has 0 fully saturated rings. The van der Waals surface area contributed by atoms with Gasteiger partial charge < -0.3 is 28.1 Å². The molecular formula is C25H50Na2O12S2. The summed E-state index contributed by atoms with van der Waals surface area (Å²) < 4.78 is 95.5. The Hall–Kier alpha value is 1.58. The summed E-state index contributed by atoms with van der Waals surface area (Å²) in [4.78, 5) is 0. The average molecular weight is 653 g/mol. The van der Waals surface area contributed by atoms with E-state index in [-0.39, 0.29) is 98.8 Å². The molecule has 0 aromatic carbocycles. The Kier molecular flexibility index (Phi) is 34.7. The number of hydrogen-bond donors (Lipinski definition) is 0. The van der Waals surface area contributed by atoms with Crippen LogP contribution in [0.1, 0.15) is 90.9 Å². The Labute approximate surface area is 293 Å². The fraction of sp³-hybridized carbons (Fsp3) is 1.00. The van der Waals surface area contributed by atoms with E-state index >= 15 is 0 Å². The van der Waals surface area contributed by atoms with Crippen molar-refractivity contribution in [2.45, 2.75) is 90.9 Å². The first-order valence-electron chi connectivity index (χ1n) is 14.0. The summed E-state index contributed by atoms with van der Waals surface area (Å²) in [5.41, 5.74) is -0.808. The zero-order valence-corrected chi connectivity index (χ0v) is 31.4. The van der Waals surface area contributed by atoms with Gasteiger partial charge in [-0.15, -0.1) is 0 Å². The molecule has 0 aliphatic carbocycles. The van der Waals surface area contributed by atoms with E-state index < -0.39 is 39.4 Å². The van der Waals surface area contributed by atoms with Crippen LogP contribution in [0.2, 0.25) is 0 Å². The van der Waals surface area contributed by atoms with Crippen LogP contribution in [0.15, 0.2) is 0 Å². The first kappa shape index (κ1) is 47.0. The molecule has 0 atom stereocenters. The van der Waals surface area contributed by atoms with Crippen LogP contribution in [0.5, 0.6) is 0 Å². The molecule has 0 aliphatic heterocycles. The molecule has 0 N–H and O–H groups in total. The predicted octanol–water partition coefficient (Wildman–Crippen LogP) is -2.28. The second kappa shape index (κ2) is 30.2. The monoisotopic (exact) mass is 652 g/mol. The molecule has 0 bridgehead atoms. The molecule has 12 nitrogen and oxygen atoms in total. The number of unbranched alkanes of at least 4 members (excludes halogenated alkanes) is 10. The maximum absolute atomic E-state index is 10.7. The van der Waals surface area contributed by atoms with Gasteiger partial charge in [0, 0.05) is 13.2 Å². The van der Waals surface area contributed by atoms with Crippen LogP contribution in [-0.2, 0) is 48.1 Å². The molecule has 41 heavy (non-hydrogen) atoms. The van der Waals surface area contributed by atoms with Crippen molar-refractivity contribution >= 4 is 20.8 Å². The zero-order valence-electron chi connectivity index (χ0n) is 25.8. The smallest absolute Gasteiger partial charge is 0.726 e. The van der Waals surface area contributed by atoms with E-state index in [0.29, 0.717) is 13.2 Å². The summed E-state index contributed by atoms with van der Waals surface area (Å²) in [6, 6.07) is 0. The van der Waals surface area contributed by atoms with Crippen LogP contribution < -0.4 is 59.1 Å². The van der Waals surface area contributed by atoms with Crippen molar-refractivity contribution in [2.75, 3.05) is 66.1 Å². The Balaban J connectivity index is -0.00000722. The van der Waals surface area contributed by atoms with Crippen molar-refractivity contribution in [2.24, 2.45) is 5.41 Å². The average Bonchev–Trinajstić information content (AvgIpc) is 2.85. The van der Waals surface area contributed by atoms with Gasteiger partial charge in [0.2, 0.25) is 20.8 Å². The standard InChI is InChI=1S/C25H52O12S2.2Na/c1-3-5-7-9-11-13-15-32-21-25(23-34-17-19-36-38(26,27)28,24-35-18-20-37-39(29,30)31)22-33-16-14-12-10-8-6-4-2;;/h3-24H2,1-2H3,(H,26,27,28)(H,29,30,31);;/q;2*+1/p-2. The zero-order chi connectivity index (χ0) is 29.3. The molecule has 0 unspecified atom stereocenters. The molecule has 0 saturated heterocycles. The Morgan fingerprint density at radius 2 is 0.756 bits per heavy atom. The third-order valence-corrected chi connectivity index (χ3v) is 6.74. The Morgan fingerprint density at radius 1 is 0.463 bits per heavy atom. The topological polar surface area (TPSA) is 170 Å². The molecule has 0 heterocycles. The van der Waals surface area contributed by atoms with Crippen LogP contribution in [0.3, 0.4) is 0 Å². The molecular weight excluding hydrogens is 602 g/mol. The number of hydrogen-bond acceptors (Lipinski definition) is 12. The SMILES string of the molecule is CCCCCCCCOCC(COCCCCCCCC)(COCCOS(=O)(=O)[O-])COCCOS(=O)(=O)[O-].[Na+].[Na+]. The first-order chi connectivity index (χ1) is 18.5. The van der Waals surface area contributed by atoms with Crippen molar-refractivity contribution in [1.29, 1.82) is 0 Å². The minimum Gasteiger partial charge on any atom is -0.726 e.